The monoisotopic (exact) mass is 296 g/mol. The first-order valence-electron chi connectivity index (χ1n) is 7.63. The van der Waals surface area contributed by atoms with Crippen LogP contribution in [0.3, 0.4) is 0 Å². The number of carbonyl (C=O) groups excluding carboxylic acids is 1. The van der Waals surface area contributed by atoms with Crippen molar-refractivity contribution in [3.63, 3.8) is 0 Å². The Kier molecular flexibility index (Phi) is 4.25. The summed E-state index contributed by atoms with van der Waals surface area (Å²) in [7, 11) is 0. The lowest BCUT2D eigenvalue weighted by molar-refractivity contribution is -0.151. The first kappa shape index (κ1) is 14.8. The maximum Gasteiger partial charge on any atom is 0.168 e. The molecule has 0 saturated carbocycles. The Morgan fingerprint density at radius 2 is 1.82 bits per heavy atom. The number of rotatable bonds is 4. The summed E-state index contributed by atoms with van der Waals surface area (Å²) in [4.78, 5) is 12.2. The van der Waals surface area contributed by atoms with Crippen molar-refractivity contribution < 1.29 is 14.3 Å². The molecule has 1 aliphatic heterocycles. The highest BCUT2D eigenvalue weighted by atomic mass is 16.5. The maximum absolute atomic E-state index is 12.2. The molecule has 0 aromatic heterocycles. The third-order valence-electron chi connectivity index (χ3n) is 4.12. The van der Waals surface area contributed by atoms with E-state index in [2.05, 4.69) is 0 Å². The van der Waals surface area contributed by atoms with Gasteiger partial charge >= 0.3 is 0 Å². The van der Waals surface area contributed by atoms with Crippen LogP contribution in [0.4, 0.5) is 0 Å². The van der Waals surface area contributed by atoms with E-state index in [1.165, 1.54) is 0 Å². The predicted molar refractivity (Wildman–Crippen MR) is 84.8 cm³/mol. The van der Waals surface area contributed by atoms with Gasteiger partial charge in [0.2, 0.25) is 0 Å². The number of Topliss-reactive ketones (excluding diaryl/α,β-unsaturated/α-hetero) is 1. The lowest BCUT2D eigenvalue weighted by Crippen LogP contribution is -2.39. The zero-order valence-electron chi connectivity index (χ0n) is 12.7. The van der Waals surface area contributed by atoms with Gasteiger partial charge in [0, 0.05) is 13.0 Å². The SMILES string of the molecule is CC1(c2ccc(OCc3ccccc3)cc2)OCCCC1=O. The van der Waals surface area contributed by atoms with Gasteiger partial charge in [-0.2, -0.15) is 0 Å². The fourth-order valence-corrected chi connectivity index (χ4v) is 2.68. The van der Waals surface area contributed by atoms with Crippen LogP contribution in [0.2, 0.25) is 0 Å². The van der Waals surface area contributed by atoms with Crippen LogP contribution in [0.1, 0.15) is 30.9 Å². The molecular formula is C19H20O3. The second-order valence-electron chi connectivity index (χ2n) is 5.71. The molecule has 114 valence electrons. The van der Waals surface area contributed by atoms with Gasteiger partial charge < -0.3 is 9.47 Å². The van der Waals surface area contributed by atoms with Gasteiger partial charge in [0.1, 0.15) is 18.0 Å². The average molecular weight is 296 g/mol. The molecule has 1 fully saturated rings. The van der Waals surface area contributed by atoms with E-state index < -0.39 is 5.60 Å². The van der Waals surface area contributed by atoms with Crippen LogP contribution >= 0.6 is 0 Å². The van der Waals surface area contributed by atoms with Crippen molar-refractivity contribution in [2.24, 2.45) is 0 Å². The van der Waals surface area contributed by atoms with E-state index in [0.717, 1.165) is 23.3 Å². The summed E-state index contributed by atoms with van der Waals surface area (Å²) in [6.07, 6.45) is 1.40. The molecule has 22 heavy (non-hydrogen) atoms. The first-order valence-corrected chi connectivity index (χ1v) is 7.63. The van der Waals surface area contributed by atoms with Crippen LogP contribution in [0.25, 0.3) is 0 Å². The highest BCUT2D eigenvalue weighted by Crippen LogP contribution is 2.32. The Morgan fingerprint density at radius 1 is 1.09 bits per heavy atom. The Hall–Kier alpha value is -2.13. The molecule has 2 aromatic carbocycles. The number of carbonyl (C=O) groups is 1. The number of benzene rings is 2. The number of hydrogen-bond donors (Lipinski definition) is 0. The summed E-state index contributed by atoms with van der Waals surface area (Å²) >= 11 is 0. The third kappa shape index (κ3) is 3.04. The fourth-order valence-electron chi connectivity index (χ4n) is 2.68. The fraction of sp³-hybridized carbons (Fsp3) is 0.316. The largest absolute Gasteiger partial charge is 0.489 e. The second-order valence-corrected chi connectivity index (χ2v) is 5.71. The molecular weight excluding hydrogens is 276 g/mol. The molecule has 0 radical (unpaired) electrons. The zero-order valence-corrected chi connectivity index (χ0v) is 12.7. The van der Waals surface area contributed by atoms with Crippen molar-refractivity contribution in [1.82, 2.24) is 0 Å². The molecule has 0 N–H and O–H groups in total. The second kappa shape index (κ2) is 6.32. The first-order chi connectivity index (χ1) is 10.7. The maximum atomic E-state index is 12.2. The van der Waals surface area contributed by atoms with Crippen molar-refractivity contribution in [2.45, 2.75) is 32.0 Å². The molecule has 1 atom stereocenters. The van der Waals surface area contributed by atoms with Crippen molar-refractivity contribution >= 4 is 5.78 Å². The summed E-state index contributed by atoms with van der Waals surface area (Å²) < 4.78 is 11.5. The van der Waals surface area contributed by atoms with Gasteiger partial charge in [-0.05, 0) is 36.6 Å². The summed E-state index contributed by atoms with van der Waals surface area (Å²) in [6, 6.07) is 17.7. The Bertz CT molecular complexity index is 633. The average Bonchev–Trinajstić information content (AvgIpc) is 2.57. The van der Waals surface area contributed by atoms with E-state index in [4.69, 9.17) is 9.47 Å². The normalized spacial score (nSPS) is 21.6. The van der Waals surface area contributed by atoms with Gasteiger partial charge in [-0.15, -0.1) is 0 Å². The molecule has 0 bridgehead atoms. The van der Waals surface area contributed by atoms with E-state index in [9.17, 15) is 4.79 Å². The molecule has 1 aliphatic rings. The van der Waals surface area contributed by atoms with Crippen molar-refractivity contribution in [3.05, 3.63) is 65.7 Å². The third-order valence-corrected chi connectivity index (χ3v) is 4.12. The molecule has 1 saturated heterocycles. The molecule has 1 unspecified atom stereocenters. The highest BCUT2D eigenvalue weighted by Gasteiger charge is 2.38. The summed E-state index contributed by atoms with van der Waals surface area (Å²) in [6.45, 7) is 3.02. The van der Waals surface area contributed by atoms with Crippen LogP contribution in [-0.4, -0.2) is 12.4 Å². The molecule has 2 aromatic rings. The van der Waals surface area contributed by atoms with Crippen LogP contribution in [0.15, 0.2) is 54.6 Å². The van der Waals surface area contributed by atoms with Crippen molar-refractivity contribution in [3.8, 4) is 5.75 Å². The molecule has 0 aliphatic carbocycles. The van der Waals surface area contributed by atoms with Crippen LogP contribution < -0.4 is 4.74 Å². The highest BCUT2D eigenvalue weighted by molar-refractivity contribution is 5.88. The molecule has 0 amide bonds. The molecule has 0 spiro atoms. The zero-order chi connectivity index (χ0) is 15.4. The summed E-state index contributed by atoms with van der Waals surface area (Å²) in [5, 5.41) is 0. The molecule has 3 heteroatoms. The predicted octanol–water partition coefficient (Wildman–Crippen LogP) is 3.86. The topological polar surface area (TPSA) is 35.5 Å². The number of hydrogen-bond acceptors (Lipinski definition) is 3. The van der Waals surface area contributed by atoms with Crippen LogP contribution in [0, 0.1) is 0 Å². The number of ketones is 1. The Labute approximate surface area is 130 Å². The van der Waals surface area contributed by atoms with Crippen molar-refractivity contribution in [2.75, 3.05) is 6.61 Å². The molecule has 3 nitrogen and oxygen atoms in total. The Morgan fingerprint density at radius 3 is 2.50 bits per heavy atom. The van der Waals surface area contributed by atoms with E-state index in [1.807, 2.05) is 61.5 Å². The molecule has 3 rings (SSSR count). The van der Waals surface area contributed by atoms with E-state index in [-0.39, 0.29) is 5.78 Å². The summed E-state index contributed by atoms with van der Waals surface area (Å²) in [5.74, 6) is 0.941. The standard InChI is InChI=1S/C19H20O3/c1-19(18(20)8-5-13-22-19)16-9-11-17(12-10-16)21-14-15-6-3-2-4-7-15/h2-4,6-7,9-12H,5,8,13-14H2,1H3. The van der Waals surface area contributed by atoms with E-state index in [1.54, 1.807) is 0 Å². The van der Waals surface area contributed by atoms with Gasteiger partial charge in [0.05, 0.1) is 0 Å². The Balaban J connectivity index is 1.69. The van der Waals surface area contributed by atoms with E-state index >= 15 is 0 Å². The summed E-state index contributed by atoms with van der Waals surface area (Å²) in [5.41, 5.74) is 1.21. The lowest BCUT2D eigenvalue weighted by Gasteiger charge is -2.32. The lowest BCUT2D eigenvalue weighted by atomic mass is 9.87. The van der Waals surface area contributed by atoms with Gasteiger partial charge in [0.25, 0.3) is 0 Å². The van der Waals surface area contributed by atoms with Gasteiger partial charge in [-0.1, -0.05) is 42.5 Å². The van der Waals surface area contributed by atoms with Crippen molar-refractivity contribution in [1.29, 1.82) is 0 Å². The quantitative estimate of drug-likeness (QED) is 0.859. The minimum atomic E-state index is -0.809. The van der Waals surface area contributed by atoms with Gasteiger partial charge in [-0.3, -0.25) is 4.79 Å². The van der Waals surface area contributed by atoms with Gasteiger partial charge in [-0.25, -0.2) is 0 Å². The van der Waals surface area contributed by atoms with Crippen LogP contribution in [-0.2, 0) is 21.7 Å². The van der Waals surface area contributed by atoms with Crippen LogP contribution in [0.5, 0.6) is 5.75 Å². The minimum absolute atomic E-state index is 0.150. The van der Waals surface area contributed by atoms with E-state index in [0.29, 0.717) is 19.6 Å². The molecule has 1 heterocycles. The smallest absolute Gasteiger partial charge is 0.168 e. The minimum Gasteiger partial charge on any atom is -0.489 e. The van der Waals surface area contributed by atoms with Gasteiger partial charge in [0.15, 0.2) is 5.78 Å². The number of ether oxygens (including phenoxy) is 2.